The quantitative estimate of drug-likeness (QED) is 0.677. The van der Waals surface area contributed by atoms with Crippen LogP contribution in [0.4, 0.5) is 0 Å². The van der Waals surface area contributed by atoms with Crippen molar-refractivity contribution in [3.8, 4) is 0 Å². The van der Waals surface area contributed by atoms with Crippen LogP contribution in [0.3, 0.4) is 0 Å². The third kappa shape index (κ3) is 5.50. The van der Waals surface area contributed by atoms with E-state index in [-0.39, 0.29) is 11.8 Å². The van der Waals surface area contributed by atoms with Gasteiger partial charge in [0.1, 0.15) is 0 Å². The van der Waals surface area contributed by atoms with E-state index >= 15 is 0 Å². The number of carbonyl (C=O) groups excluding carboxylic acids is 1. The minimum absolute atomic E-state index is 0.0828. The van der Waals surface area contributed by atoms with Gasteiger partial charge in [-0.05, 0) is 26.4 Å². The fourth-order valence-electron chi connectivity index (χ4n) is 2.15. The summed E-state index contributed by atoms with van der Waals surface area (Å²) in [5.41, 5.74) is 0. The average Bonchev–Trinajstić information content (AvgIpc) is 2.30. The van der Waals surface area contributed by atoms with Gasteiger partial charge in [-0.15, -0.1) is 0 Å². The minimum atomic E-state index is 0.0828. The van der Waals surface area contributed by atoms with Gasteiger partial charge in [-0.1, -0.05) is 20.3 Å². The third-order valence-corrected chi connectivity index (χ3v) is 3.43. The van der Waals surface area contributed by atoms with Gasteiger partial charge in [0.25, 0.3) is 0 Å². The fourth-order valence-corrected chi connectivity index (χ4v) is 2.15. The van der Waals surface area contributed by atoms with Crippen LogP contribution < -0.4 is 10.6 Å². The average molecular weight is 241 g/mol. The van der Waals surface area contributed by atoms with Gasteiger partial charge >= 0.3 is 0 Å². The van der Waals surface area contributed by atoms with Gasteiger partial charge in [-0.25, -0.2) is 0 Å². The van der Waals surface area contributed by atoms with Crippen LogP contribution in [0.25, 0.3) is 0 Å². The fraction of sp³-hybridized carbons (Fsp3) is 0.923. The minimum Gasteiger partial charge on any atom is -0.355 e. The van der Waals surface area contributed by atoms with Crippen LogP contribution in [-0.2, 0) is 4.79 Å². The van der Waals surface area contributed by atoms with Crippen LogP contribution in [0.5, 0.6) is 0 Å². The highest BCUT2D eigenvalue weighted by Crippen LogP contribution is 2.13. The number of piperidine rings is 1. The number of nitrogens with zero attached hydrogens (tertiary/aromatic N) is 1. The lowest BCUT2D eigenvalue weighted by Gasteiger charge is -2.32. The van der Waals surface area contributed by atoms with E-state index in [2.05, 4.69) is 22.6 Å². The molecule has 1 rings (SSSR count). The predicted octanol–water partition coefficient (Wildman–Crippen LogP) is 0.833. The van der Waals surface area contributed by atoms with Crippen molar-refractivity contribution in [1.29, 1.82) is 0 Å². The maximum Gasteiger partial charge on any atom is 0.222 e. The van der Waals surface area contributed by atoms with E-state index < -0.39 is 0 Å². The van der Waals surface area contributed by atoms with E-state index in [1.807, 2.05) is 13.8 Å². The Morgan fingerprint density at radius 2 is 2.12 bits per heavy atom. The number of likely N-dealkylation sites (tertiary alicyclic amines) is 1. The molecule has 0 aromatic rings. The molecule has 1 heterocycles. The van der Waals surface area contributed by atoms with Crippen LogP contribution in [0, 0.1) is 5.92 Å². The molecular weight excluding hydrogens is 214 g/mol. The zero-order valence-electron chi connectivity index (χ0n) is 11.5. The van der Waals surface area contributed by atoms with Crippen molar-refractivity contribution < 1.29 is 4.79 Å². The van der Waals surface area contributed by atoms with Crippen molar-refractivity contribution in [2.45, 2.75) is 39.2 Å². The molecule has 17 heavy (non-hydrogen) atoms. The molecule has 0 spiro atoms. The number of carbonyl (C=O) groups is 1. The summed E-state index contributed by atoms with van der Waals surface area (Å²) >= 11 is 0. The Bertz CT molecular complexity index is 231. The van der Waals surface area contributed by atoms with Gasteiger partial charge in [0.15, 0.2) is 0 Å². The molecule has 1 fully saturated rings. The van der Waals surface area contributed by atoms with E-state index in [9.17, 15) is 4.79 Å². The standard InChI is InChI=1S/C13H27N3O/c1-11(2)13(17)15-8-7-14-10-12-6-4-5-9-16(12)3/h11-12,14H,4-10H2,1-3H3,(H,15,17). The Labute approximate surface area is 105 Å². The topological polar surface area (TPSA) is 44.4 Å². The van der Waals surface area contributed by atoms with Crippen LogP contribution in [-0.4, -0.2) is 50.1 Å². The summed E-state index contributed by atoms with van der Waals surface area (Å²) in [6.07, 6.45) is 3.97. The third-order valence-electron chi connectivity index (χ3n) is 3.43. The number of hydrogen-bond donors (Lipinski definition) is 2. The molecule has 1 aliphatic heterocycles. The molecule has 1 atom stereocenters. The Morgan fingerprint density at radius 1 is 1.35 bits per heavy atom. The van der Waals surface area contributed by atoms with Crippen molar-refractivity contribution >= 4 is 5.91 Å². The van der Waals surface area contributed by atoms with Crippen molar-refractivity contribution in [3.05, 3.63) is 0 Å². The van der Waals surface area contributed by atoms with E-state index in [1.165, 1.54) is 25.8 Å². The van der Waals surface area contributed by atoms with Crippen molar-refractivity contribution in [2.24, 2.45) is 5.92 Å². The molecule has 0 aliphatic carbocycles. The summed E-state index contributed by atoms with van der Waals surface area (Å²) in [6.45, 7) is 7.68. The van der Waals surface area contributed by atoms with Crippen LogP contribution in [0.15, 0.2) is 0 Å². The molecule has 4 heteroatoms. The Balaban J connectivity index is 2.02. The summed E-state index contributed by atoms with van der Waals surface area (Å²) in [7, 11) is 2.20. The molecule has 1 amide bonds. The second kappa shape index (κ2) is 7.67. The van der Waals surface area contributed by atoms with Crippen molar-refractivity contribution in [3.63, 3.8) is 0 Å². The lowest BCUT2D eigenvalue weighted by molar-refractivity contribution is -0.123. The zero-order chi connectivity index (χ0) is 12.7. The summed E-state index contributed by atoms with van der Waals surface area (Å²) in [6, 6.07) is 0.671. The first-order valence-corrected chi connectivity index (χ1v) is 6.80. The van der Waals surface area contributed by atoms with Gasteiger partial charge in [-0.2, -0.15) is 0 Å². The number of amides is 1. The first-order valence-electron chi connectivity index (χ1n) is 6.80. The summed E-state index contributed by atoms with van der Waals surface area (Å²) in [4.78, 5) is 13.7. The van der Waals surface area contributed by atoms with Crippen molar-refractivity contribution in [1.82, 2.24) is 15.5 Å². The van der Waals surface area contributed by atoms with Gasteiger partial charge < -0.3 is 15.5 Å². The zero-order valence-corrected chi connectivity index (χ0v) is 11.5. The monoisotopic (exact) mass is 241 g/mol. The van der Waals surface area contributed by atoms with Crippen LogP contribution in [0.1, 0.15) is 33.1 Å². The molecule has 4 nitrogen and oxygen atoms in total. The number of rotatable bonds is 6. The van der Waals surface area contributed by atoms with Gasteiger partial charge in [0.2, 0.25) is 5.91 Å². The van der Waals surface area contributed by atoms with E-state index in [0.717, 1.165) is 19.6 Å². The number of likely N-dealkylation sites (N-methyl/N-ethyl adjacent to an activating group) is 1. The van der Waals surface area contributed by atoms with Crippen molar-refractivity contribution in [2.75, 3.05) is 33.2 Å². The molecule has 2 N–H and O–H groups in total. The highest BCUT2D eigenvalue weighted by Gasteiger charge is 2.17. The molecule has 1 saturated heterocycles. The second-order valence-electron chi connectivity index (χ2n) is 5.28. The number of hydrogen-bond acceptors (Lipinski definition) is 3. The Morgan fingerprint density at radius 3 is 2.76 bits per heavy atom. The van der Waals surface area contributed by atoms with E-state index in [1.54, 1.807) is 0 Å². The normalized spacial score (nSPS) is 21.8. The Hall–Kier alpha value is -0.610. The van der Waals surface area contributed by atoms with Crippen LogP contribution in [0.2, 0.25) is 0 Å². The lowest BCUT2D eigenvalue weighted by atomic mass is 10.0. The molecule has 0 radical (unpaired) electrons. The molecular formula is C13H27N3O. The lowest BCUT2D eigenvalue weighted by Crippen LogP contribution is -2.44. The van der Waals surface area contributed by atoms with Crippen LogP contribution >= 0.6 is 0 Å². The highest BCUT2D eigenvalue weighted by atomic mass is 16.1. The molecule has 0 aromatic carbocycles. The smallest absolute Gasteiger partial charge is 0.222 e. The Kier molecular flexibility index (Phi) is 6.52. The first kappa shape index (κ1) is 14.5. The molecule has 0 bridgehead atoms. The molecule has 1 unspecified atom stereocenters. The SMILES string of the molecule is CC(C)C(=O)NCCNCC1CCCCN1C. The van der Waals surface area contributed by atoms with Gasteiger partial charge in [0.05, 0.1) is 0 Å². The molecule has 0 aromatic heterocycles. The second-order valence-corrected chi connectivity index (χ2v) is 5.28. The maximum atomic E-state index is 11.3. The highest BCUT2D eigenvalue weighted by molar-refractivity contribution is 5.77. The number of nitrogens with one attached hydrogen (secondary N) is 2. The largest absolute Gasteiger partial charge is 0.355 e. The maximum absolute atomic E-state index is 11.3. The first-order chi connectivity index (χ1) is 8.11. The van der Waals surface area contributed by atoms with Gasteiger partial charge in [0, 0.05) is 31.6 Å². The molecule has 0 saturated carbocycles. The predicted molar refractivity (Wildman–Crippen MR) is 71.0 cm³/mol. The summed E-state index contributed by atoms with van der Waals surface area (Å²) in [5.74, 6) is 0.223. The van der Waals surface area contributed by atoms with E-state index in [4.69, 9.17) is 0 Å². The van der Waals surface area contributed by atoms with Gasteiger partial charge in [-0.3, -0.25) is 4.79 Å². The van der Waals surface area contributed by atoms with E-state index in [0.29, 0.717) is 6.04 Å². The summed E-state index contributed by atoms with van der Waals surface area (Å²) in [5, 5.41) is 6.34. The summed E-state index contributed by atoms with van der Waals surface area (Å²) < 4.78 is 0. The molecule has 100 valence electrons. The molecule has 1 aliphatic rings.